The molecular formula is C21H28O14. The first kappa shape index (κ1) is 31.6. The number of aliphatic hydroxyl groups excluding tert-OH is 5. The number of hydrogen-bond acceptors (Lipinski definition) is 14. The lowest BCUT2D eigenvalue weighted by molar-refractivity contribution is -0.441. The maximum Gasteiger partial charge on any atom is 0.385 e. The van der Waals surface area contributed by atoms with Crippen LogP contribution in [0.4, 0.5) is 0 Å². The Morgan fingerprint density at radius 1 is 0.543 bits per heavy atom. The second-order valence-corrected chi connectivity index (χ2v) is 6.79. The van der Waals surface area contributed by atoms with Gasteiger partial charge in [0.05, 0.1) is 26.4 Å². The van der Waals surface area contributed by atoms with Crippen LogP contribution in [0.25, 0.3) is 0 Å². The molecule has 0 aliphatic carbocycles. The zero-order chi connectivity index (χ0) is 27.5. The topological polar surface area (TPSA) is 227 Å². The summed E-state index contributed by atoms with van der Waals surface area (Å²) in [7, 11) is 0. The molecule has 0 amide bonds. The number of carbonyl (C=O) groups excluding carboxylic acids is 4. The highest BCUT2D eigenvalue weighted by molar-refractivity contribution is 5.84. The minimum atomic E-state index is -3.83. The molecule has 0 saturated heterocycles. The Morgan fingerprint density at radius 3 is 1.06 bits per heavy atom. The smallest absolute Gasteiger partial charge is 0.385 e. The van der Waals surface area contributed by atoms with Crippen LogP contribution in [0.1, 0.15) is 0 Å². The van der Waals surface area contributed by atoms with Gasteiger partial charge in [0, 0.05) is 24.3 Å². The summed E-state index contributed by atoms with van der Waals surface area (Å²) in [6, 6.07) is 0. The number of esters is 4. The van der Waals surface area contributed by atoms with E-state index in [0.717, 1.165) is 0 Å². The van der Waals surface area contributed by atoms with E-state index in [2.05, 4.69) is 35.8 Å². The van der Waals surface area contributed by atoms with Crippen LogP contribution in [-0.4, -0.2) is 99.3 Å². The first-order valence-corrected chi connectivity index (χ1v) is 9.56. The Labute approximate surface area is 199 Å². The van der Waals surface area contributed by atoms with Crippen molar-refractivity contribution in [2.24, 2.45) is 10.8 Å². The van der Waals surface area contributed by atoms with Gasteiger partial charge in [0.15, 0.2) is 0 Å². The molecule has 0 rings (SSSR count). The molecule has 0 unspecified atom stereocenters. The highest BCUT2D eigenvalue weighted by atomic mass is 16.8. The number of rotatable bonds is 16. The normalized spacial score (nSPS) is 12.1. The van der Waals surface area contributed by atoms with Gasteiger partial charge in [-0.25, -0.2) is 19.2 Å². The van der Waals surface area contributed by atoms with E-state index in [-0.39, 0.29) is 0 Å². The first-order valence-electron chi connectivity index (χ1n) is 9.56. The van der Waals surface area contributed by atoms with Gasteiger partial charge in [-0.05, 0) is 0 Å². The second-order valence-electron chi connectivity index (χ2n) is 6.79. The second kappa shape index (κ2) is 12.9. The fourth-order valence-corrected chi connectivity index (χ4v) is 3.23. The van der Waals surface area contributed by atoms with E-state index >= 15 is 0 Å². The summed E-state index contributed by atoms with van der Waals surface area (Å²) < 4.78 is 19.3. The predicted molar refractivity (Wildman–Crippen MR) is 113 cm³/mol. The maximum absolute atomic E-state index is 12.1. The minimum Gasteiger partial charge on any atom is -0.416 e. The molecule has 0 aromatic rings. The third-order valence-electron chi connectivity index (χ3n) is 5.21. The molecule has 0 aliphatic rings. The summed E-state index contributed by atoms with van der Waals surface area (Å²) in [4.78, 5) is 48.2. The maximum atomic E-state index is 12.1. The quantitative estimate of drug-likeness (QED) is 0.0708. The zero-order valence-corrected chi connectivity index (χ0v) is 18.6. The molecule has 35 heavy (non-hydrogen) atoms. The average Bonchev–Trinajstić information content (AvgIpc) is 2.86. The van der Waals surface area contributed by atoms with Crippen molar-refractivity contribution >= 4 is 23.9 Å². The summed E-state index contributed by atoms with van der Waals surface area (Å²) in [5.41, 5.74) is -6.35. The number of ether oxygens (including phenoxy) is 4. The molecule has 0 fully saturated rings. The molecule has 0 atom stereocenters. The Balaban J connectivity index is 7.78. The van der Waals surface area contributed by atoms with Gasteiger partial charge in [0.25, 0.3) is 5.79 Å². The van der Waals surface area contributed by atoms with Crippen molar-refractivity contribution in [3.05, 3.63) is 50.6 Å². The monoisotopic (exact) mass is 504 g/mol. The summed E-state index contributed by atoms with van der Waals surface area (Å²) in [5.74, 6) is -13.1. The lowest BCUT2D eigenvalue weighted by Crippen LogP contribution is -2.76. The van der Waals surface area contributed by atoms with Crippen LogP contribution in [0.5, 0.6) is 0 Å². The van der Waals surface area contributed by atoms with Crippen LogP contribution in [-0.2, 0) is 38.1 Å². The Hall–Kier alpha value is -3.40. The van der Waals surface area contributed by atoms with Crippen LogP contribution in [0.2, 0.25) is 0 Å². The predicted octanol–water partition coefficient (Wildman–Crippen LogP) is -2.82. The highest BCUT2D eigenvalue weighted by Crippen LogP contribution is 2.55. The molecule has 0 saturated carbocycles. The van der Waals surface area contributed by atoms with Crippen molar-refractivity contribution in [2.45, 2.75) is 11.8 Å². The molecule has 14 heteroatoms. The summed E-state index contributed by atoms with van der Waals surface area (Å²) in [6.07, 6.45) is 1.93. The van der Waals surface area contributed by atoms with E-state index in [9.17, 15) is 49.8 Å². The van der Waals surface area contributed by atoms with E-state index in [1.54, 1.807) is 0 Å². The van der Waals surface area contributed by atoms with Crippen molar-refractivity contribution < 1.29 is 68.8 Å². The summed E-state index contributed by atoms with van der Waals surface area (Å²) >= 11 is 0. The van der Waals surface area contributed by atoms with Crippen LogP contribution in [0.15, 0.2) is 50.6 Å². The Bertz CT molecular complexity index is 793. The molecule has 0 aromatic carbocycles. The van der Waals surface area contributed by atoms with Gasteiger partial charge >= 0.3 is 29.9 Å². The number of aliphatic hydroxyl groups is 6. The van der Waals surface area contributed by atoms with Crippen LogP contribution in [0, 0.1) is 10.8 Å². The lowest BCUT2D eigenvalue weighted by atomic mass is 9.58. The highest BCUT2D eigenvalue weighted by Gasteiger charge is 2.77. The fraction of sp³-hybridized carbons (Fsp3) is 0.429. The minimum absolute atomic E-state index is 0.459. The van der Waals surface area contributed by atoms with Gasteiger partial charge in [-0.15, -0.1) is 0 Å². The van der Waals surface area contributed by atoms with Crippen molar-refractivity contribution in [3.8, 4) is 0 Å². The first-order chi connectivity index (χ1) is 16.4. The molecular weight excluding hydrogens is 476 g/mol. The standard InChI is InChI=1S/C21H28O14/c1-5-14(27)32-20(13-26,33-15(28)6-2)18(9-22,10-23)19(11-24,12-25)21(31,34-16(29)7-3)35-17(30)8-4/h5-8,22-26,31H,1-4,9-13H2. The van der Waals surface area contributed by atoms with Crippen molar-refractivity contribution in [2.75, 3.05) is 33.0 Å². The molecule has 0 aromatic heterocycles. The van der Waals surface area contributed by atoms with E-state index in [4.69, 9.17) is 9.47 Å². The average molecular weight is 504 g/mol. The third kappa shape index (κ3) is 5.64. The van der Waals surface area contributed by atoms with E-state index in [1.165, 1.54) is 0 Å². The molecule has 6 N–H and O–H groups in total. The molecule has 0 heterocycles. The molecule has 14 nitrogen and oxygen atoms in total. The van der Waals surface area contributed by atoms with E-state index in [1.807, 2.05) is 0 Å². The number of carbonyl (C=O) groups is 4. The van der Waals surface area contributed by atoms with Crippen LogP contribution in [0.3, 0.4) is 0 Å². The van der Waals surface area contributed by atoms with Crippen LogP contribution < -0.4 is 0 Å². The third-order valence-corrected chi connectivity index (χ3v) is 5.21. The molecule has 196 valence electrons. The van der Waals surface area contributed by atoms with Gasteiger partial charge < -0.3 is 49.6 Å². The van der Waals surface area contributed by atoms with Gasteiger partial charge in [0.2, 0.25) is 0 Å². The largest absolute Gasteiger partial charge is 0.416 e. The summed E-state index contributed by atoms with van der Waals surface area (Å²) in [5, 5.41) is 62.9. The van der Waals surface area contributed by atoms with Gasteiger partial charge in [-0.2, -0.15) is 0 Å². The van der Waals surface area contributed by atoms with E-state index in [0.29, 0.717) is 24.3 Å². The zero-order valence-electron chi connectivity index (χ0n) is 18.6. The lowest BCUT2D eigenvalue weighted by Gasteiger charge is -2.57. The number of hydrogen-bond donors (Lipinski definition) is 6. The van der Waals surface area contributed by atoms with E-state index < -0.39 is 79.5 Å². The molecule has 0 bridgehead atoms. The molecule has 0 aliphatic heterocycles. The summed E-state index contributed by atoms with van der Waals surface area (Å²) in [6.45, 7) is 4.22. The van der Waals surface area contributed by atoms with Crippen LogP contribution >= 0.6 is 0 Å². The van der Waals surface area contributed by atoms with Crippen molar-refractivity contribution in [1.82, 2.24) is 0 Å². The van der Waals surface area contributed by atoms with Gasteiger partial charge in [-0.1, -0.05) is 26.3 Å². The van der Waals surface area contributed by atoms with Gasteiger partial charge in [0.1, 0.15) is 17.4 Å². The van der Waals surface area contributed by atoms with Crippen molar-refractivity contribution in [3.63, 3.8) is 0 Å². The SMILES string of the molecule is C=CC(=O)OC(O)(OC(=O)C=C)C(CO)(CO)C(CO)(CO)C(CO)(OC(=O)C=C)OC(=O)C=C. The Kier molecular flexibility index (Phi) is 11.6. The van der Waals surface area contributed by atoms with Crippen molar-refractivity contribution in [1.29, 1.82) is 0 Å². The Morgan fingerprint density at radius 2 is 0.829 bits per heavy atom. The molecule has 0 radical (unpaired) electrons. The fourth-order valence-electron chi connectivity index (χ4n) is 3.23. The molecule has 0 spiro atoms. The van der Waals surface area contributed by atoms with Gasteiger partial charge in [-0.3, -0.25) is 0 Å².